The van der Waals surface area contributed by atoms with E-state index in [1.165, 1.54) is 31.3 Å². The molecule has 0 aromatic carbocycles. The largest absolute Gasteiger partial charge is 0.444 e. The Kier molecular flexibility index (Phi) is 7.89. The van der Waals surface area contributed by atoms with Gasteiger partial charge in [0.05, 0.1) is 0 Å². The summed E-state index contributed by atoms with van der Waals surface area (Å²) in [5.41, 5.74) is 0.607. The Morgan fingerprint density at radius 1 is 1.07 bits per heavy atom. The predicted molar refractivity (Wildman–Crippen MR) is 108 cm³/mol. The van der Waals surface area contributed by atoms with Crippen LogP contribution in [0.25, 0.3) is 0 Å². The summed E-state index contributed by atoms with van der Waals surface area (Å²) in [4.78, 5) is 38.0. The van der Waals surface area contributed by atoms with E-state index >= 15 is 0 Å². The van der Waals surface area contributed by atoms with Gasteiger partial charge in [-0.2, -0.15) is 0 Å². The van der Waals surface area contributed by atoms with Crippen molar-refractivity contribution in [2.75, 3.05) is 19.6 Å². The number of likely N-dealkylation sites (tertiary alicyclic amines) is 1. The summed E-state index contributed by atoms with van der Waals surface area (Å²) in [5, 5.41) is 5.38. The SMILES string of the molecule is C/C(=C\C(=O)N1CCC(NC(=O)CNC(=O)OC(C)(C)C)CC1)C1CCCC1. The van der Waals surface area contributed by atoms with Crippen LogP contribution in [0.2, 0.25) is 0 Å². The van der Waals surface area contributed by atoms with Crippen molar-refractivity contribution in [1.29, 1.82) is 0 Å². The van der Waals surface area contributed by atoms with E-state index in [0.29, 0.717) is 19.0 Å². The Hall–Kier alpha value is -2.05. The lowest BCUT2D eigenvalue weighted by atomic mass is 9.98. The normalized spacial score (nSPS) is 19.4. The Labute approximate surface area is 168 Å². The second kappa shape index (κ2) is 9.94. The van der Waals surface area contributed by atoms with Crippen molar-refractivity contribution in [3.63, 3.8) is 0 Å². The first-order chi connectivity index (χ1) is 13.1. The van der Waals surface area contributed by atoms with E-state index in [0.717, 1.165) is 12.8 Å². The first-order valence-corrected chi connectivity index (χ1v) is 10.4. The molecule has 28 heavy (non-hydrogen) atoms. The predicted octanol–water partition coefficient (Wildman–Crippen LogP) is 2.75. The summed E-state index contributed by atoms with van der Waals surface area (Å²) in [6.45, 7) is 8.54. The lowest BCUT2D eigenvalue weighted by Crippen LogP contribution is -2.48. The number of nitrogens with zero attached hydrogens (tertiary/aromatic N) is 1. The zero-order valence-corrected chi connectivity index (χ0v) is 17.7. The van der Waals surface area contributed by atoms with Gasteiger partial charge < -0.3 is 20.3 Å². The van der Waals surface area contributed by atoms with Crippen molar-refractivity contribution in [3.05, 3.63) is 11.6 Å². The molecule has 0 bridgehead atoms. The van der Waals surface area contributed by atoms with Gasteiger partial charge in [0.2, 0.25) is 11.8 Å². The Balaban J connectivity index is 1.68. The Bertz CT molecular complexity index is 595. The molecule has 2 aliphatic rings. The zero-order valence-electron chi connectivity index (χ0n) is 17.7. The molecular weight excluding hydrogens is 358 g/mol. The quantitative estimate of drug-likeness (QED) is 0.703. The van der Waals surface area contributed by atoms with Crippen molar-refractivity contribution in [3.8, 4) is 0 Å². The van der Waals surface area contributed by atoms with Crippen LogP contribution in [0, 0.1) is 5.92 Å². The van der Waals surface area contributed by atoms with Gasteiger partial charge in [-0.25, -0.2) is 4.79 Å². The maximum Gasteiger partial charge on any atom is 0.408 e. The Morgan fingerprint density at radius 2 is 1.68 bits per heavy atom. The highest BCUT2D eigenvalue weighted by Gasteiger charge is 2.24. The summed E-state index contributed by atoms with van der Waals surface area (Å²) in [7, 11) is 0. The number of piperidine rings is 1. The highest BCUT2D eigenvalue weighted by Crippen LogP contribution is 2.30. The number of ether oxygens (including phenoxy) is 1. The van der Waals surface area contributed by atoms with Gasteiger partial charge in [0.15, 0.2) is 0 Å². The number of rotatable bonds is 5. The molecule has 0 aromatic heterocycles. The fourth-order valence-electron chi connectivity index (χ4n) is 3.77. The van der Waals surface area contributed by atoms with E-state index in [-0.39, 0.29) is 24.4 Å². The van der Waals surface area contributed by atoms with Crippen LogP contribution in [0.15, 0.2) is 11.6 Å². The molecule has 1 aliphatic carbocycles. The van der Waals surface area contributed by atoms with Crippen molar-refractivity contribution in [2.45, 2.75) is 77.9 Å². The van der Waals surface area contributed by atoms with Gasteiger partial charge in [0.25, 0.3) is 0 Å². The summed E-state index contributed by atoms with van der Waals surface area (Å²) >= 11 is 0. The zero-order chi connectivity index (χ0) is 20.7. The topological polar surface area (TPSA) is 87.7 Å². The maximum absolute atomic E-state index is 12.5. The molecule has 0 spiro atoms. The molecule has 2 fully saturated rings. The first-order valence-electron chi connectivity index (χ1n) is 10.4. The molecule has 2 rings (SSSR count). The van der Waals surface area contributed by atoms with E-state index in [4.69, 9.17) is 4.74 Å². The molecule has 2 N–H and O–H groups in total. The molecule has 158 valence electrons. The number of amides is 3. The molecule has 0 unspecified atom stereocenters. The minimum Gasteiger partial charge on any atom is -0.444 e. The van der Waals surface area contributed by atoms with Gasteiger partial charge in [-0.1, -0.05) is 18.4 Å². The summed E-state index contributed by atoms with van der Waals surface area (Å²) < 4.78 is 5.11. The van der Waals surface area contributed by atoms with Crippen molar-refractivity contribution in [1.82, 2.24) is 15.5 Å². The Morgan fingerprint density at radius 3 is 2.25 bits per heavy atom. The van der Waals surface area contributed by atoms with E-state index < -0.39 is 11.7 Å². The average Bonchev–Trinajstić information content (AvgIpc) is 3.14. The molecule has 1 aliphatic heterocycles. The van der Waals surface area contributed by atoms with Crippen molar-refractivity contribution in [2.24, 2.45) is 5.92 Å². The number of allylic oxidation sites excluding steroid dienone is 1. The third-order valence-corrected chi connectivity index (χ3v) is 5.31. The third-order valence-electron chi connectivity index (χ3n) is 5.31. The van der Waals surface area contributed by atoms with Crippen LogP contribution in [-0.4, -0.2) is 54.1 Å². The molecule has 7 nitrogen and oxygen atoms in total. The number of carbonyl (C=O) groups is 3. The van der Waals surface area contributed by atoms with Crippen LogP contribution in [0.4, 0.5) is 4.79 Å². The minimum atomic E-state index is -0.604. The monoisotopic (exact) mass is 393 g/mol. The second-order valence-corrected chi connectivity index (χ2v) is 8.89. The number of carbonyl (C=O) groups excluding carboxylic acids is 3. The molecule has 7 heteroatoms. The summed E-state index contributed by atoms with van der Waals surface area (Å²) in [6, 6.07) is 0.0249. The van der Waals surface area contributed by atoms with Gasteiger partial charge in [-0.15, -0.1) is 0 Å². The maximum atomic E-state index is 12.5. The fourth-order valence-corrected chi connectivity index (χ4v) is 3.77. The smallest absolute Gasteiger partial charge is 0.408 e. The highest BCUT2D eigenvalue weighted by molar-refractivity contribution is 5.88. The van der Waals surface area contributed by atoms with Crippen LogP contribution >= 0.6 is 0 Å². The van der Waals surface area contributed by atoms with Gasteiger partial charge in [0, 0.05) is 25.2 Å². The standard InChI is InChI=1S/C21H35N3O4/c1-15(16-7-5-6-8-16)13-19(26)24-11-9-17(10-12-24)23-18(25)14-22-20(27)28-21(2,3)4/h13,16-17H,5-12,14H2,1-4H3,(H,22,27)(H,23,25)/b15-13+. The molecule has 1 saturated heterocycles. The highest BCUT2D eigenvalue weighted by atomic mass is 16.6. The molecule has 0 radical (unpaired) electrons. The number of hydrogen-bond donors (Lipinski definition) is 2. The van der Waals surface area contributed by atoms with Crippen LogP contribution in [0.1, 0.15) is 66.2 Å². The van der Waals surface area contributed by atoms with Crippen LogP contribution in [0.5, 0.6) is 0 Å². The summed E-state index contributed by atoms with van der Waals surface area (Å²) in [5.74, 6) is 0.409. The van der Waals surface area contributed by atoms with Crippen molar-refractivity contribution < 1.29 is 19.1 Å². The van der Waals surface area contributed by atoms with Crippen LogP contribution < -0.4 is 10.6 Å². The molecular formula is C21H35N3O4. The lowest BCUT2D eigenvalue weighted by molar-refractivity contribution is -0.127. The molecule has 0 aromatic rings. The second-order valence-electron chi connectivity index (χ2n) is 8.89. The van der Waals surface area contributed by atoms with Crippen LogP contribution in [-0.2, 0) is 14.3 Å². The fraction of sp³-hybridized carbons (Fsp3) is 0.762. The number of alkyl carbamates (subject to hydrolysis) is 1. The van der Waals surface area contributed by atoms with E-state index in [1.54, 1.807) is 26.8 Å². The number of nitrogens with one attached hydrogen (secondary N) is 2. The average molecular weight is 394 g/mol. The lowest BCUT2D eigenvalue weighted by Gasteiger charge is -2.32. The molecule has 1 heterocycles. The van der Waals surface area contributed by atoms with Gasteiger partial charge in [-0.05, 0) is 59.3 Å². The van der Waals surface area contributed by atoms with Crippen molar-refractivity contribution >= 4 is 17.9 Å². The van der Waals surface area contributed by atoms with Gasteiger partial charge in [-0.3, -0.25) is 9.59 Å². The summed E-state index contributed by atoms with van der Waals surface area (Å²) in [6.07, 6.45) is 7.56. The van der Waals surface area contributed by atoms with Gasteiger partial charge in [0.1, 0.15) is 12.1 Å². The molecule has 1 saturated carbocycles. The van der Waals surface area contributed by atoms with E-state index in [1.807, 2.05) is 4.90 Å². The molecule has 3 amide bonds. The van der Waals surface area contributed by atoms with E-state index in [2.05, 4.69) is 17.6 Å². The van der Waals surface area contributed by atoms with Crippen LogP contribution in [0.3, 0.4) is 0 Å². The minimum absolute atomic E-state index is 0.0249. The third kappa shape index (κ3) is 7.52. The number of hydrogen-bond acceptors (Lipinski definition) is 4. The van der Waals surface area contributed by atoms with Gasteiger partial charge >= 0.3 is 6.09 Å². The van der Waals surface area contributed by atoms with E-state index in [9.17, 15) is 14.4 Å². The molecule has 0 atom stereocenters. The first kappa shape index (κ1) is 22.2.